The molecule has 3 aromatic rings. The number of carbonyl (C=O) groups is 1. The summed E-state index contributed by atoms with van der Waals surface area (Å²) in [5, 5.41) is 8.72. The molecule has 31 heavy (non-hydrogen) atoms. The molecular weight excluding hydrogens is 410 g/mol. The first-order chi connectivity index (χ1) is 15.1. The van der Waals surface area contributed by atoms with Crippen molar-refractivity contribution in [1.29, 1.82) is 0 Å². The number of hydrogen-bond donors (Lipinski definition) is 1. The molecule has 0 saturated heterocycles. The number of aryl methyl sites for hydroxylation is 1. The van der Waals surface area contributed by atoms with Gasteiger partial charge < -0.3 is 14.3 Å². The Morgan fingerprint density at radius 2 is 2.03 bits per heavy atom. The first kappa shape index (κ1) is 21.9. The number of thioether (sulfide) groups is 1. The molecule has 1 aliphatic rings. The summed E-state index contributed by atoms with van der Waals surface area (Å²) >= 11 is 1.96. The van der Waals surface area contributed by atoms with E-state index in [0.29, 0.717) is 29.9 Å². The molecule has 0 spiro atoms. The van der Waals surface area contributed by atoms with Gasteiger partial charge in [-0.05, 0) is 25.3 Å². The van der Waals surface area contributed by atoms with E-state index in [4.69, 9.17) is 8.94 Å². The number of rotatable bonds is 9. The first-order valence-corrected chi connectivity index (χ1v) is 12.4. The van der Waals surface area contributed by atoms with Gasteiger partial charge in [0.25, 0.3) is 5.91 Å². The number of fused-ring (bicyclic) bond motifs is 1. The van der Waals surface area contributed by atoms with Crippen LogP contribution < -0.4 is 5.32 Å². The zero-order valence-electron chi connectivity index (χ0n) is 18.4. The Morgan fingerprint density at radius 1 is 1.23 bits per heavy atom. The van der Waals surface area contributed by atoms with E-state index in [0.717, 1.165) is 34.5 Å². The second kappa shape index (κ2) is 10.4. The van der Waals surface area contributed by atoms with Crippen LogP contribution in [0.25, 0.3) is 11.0 Å². The average Bonchev–Trinajstić information content (AvgIpc) is 3.41. The van der Waals surface area contributed by atoms with Gasteiger partial charge in [0.15, 0.2) is 11.6 Å². The zero-order valence-corrected chi connectivity index (χ0v) is 19.2. The molecule has 1 amide bonds. The van der Waals surface area contributed by atoms with Gasteiger partial charge in [-0.1, -0.05) is 56.5 Å². The van der Waals surface area contributed by atoms with Crippen molar-refractivity contribution in [2.45, 2.75) is 75.7 Å². The maximum Gasteiger partial charge on any atom is 0.287 e. The predicted molar refractivity (Wildman–Crippen MR) is 123 cm³/mol. The van der Waals surface area contributed by atoms with E-state index >= 15 is 0 Å². The molecule has 2 heterocycles. The van der Waals surface area contributed by atoms with Crippen LogP contribution >= 0.6 is 11.8 Å². The van der Waals surface area contributed by atoms with Crippen LogP contribution in [-0.4, -0.2) is 27.8 Å². The minimum atomic E-state index is -0.149. The van der Waals surface area contributed by atoms with Crippen molar-refractivity contribution in [2.75, 3.05) is 6.54 Å². The van der Waals surface area contributed by atoms with Crippen molar-refractivity contribution in [3.05, 3.63) is 47.3 Å². The summed E-state index contributed by atoms with van der Waals surface area (Å²) in [6, 6.07) is 7.93. The van der Waals surface area contributed by atoms with E-state index in [1.165, 1.54) is 32.1 Å². The van der Waals surface area contributed by atoms with Crippen molar-refractivity contribution in [3.63, 3.8) is 0 Å². The van der Waals surface area contributed by atoms with Crippen molar-refractivity contribution in [3.8, 4) is 0 Å². The summed E-state index contributed by atoms with van der Waals surface area (Å²) in [4.78, 5) is 17.3. The van der Waals surface area contributed by atoms with E-state index in [2.05, 4.69) is 15.5 Å². The lowest BCUT2D eigenvalue weighted by Gasteiger charge is -2.20. The van der Waals surface area contributed by atoms with Crippen LogP contribution in [0.1, 0.15) is 86.1 Å². The second-order valence-corrected chi connectivity index (χ2v) is 9.83. The molecule has 6 nitrogen and oxygen atoms in total. The lowest BCUT2D eigenvalue weighted by molar-refractivity contribution is 0.0926. The molecule has 4 rings (SSSR count). The van der Waals surface area contributed by atoms with E-state index in [-0.39, 0.29) is 11.8 Å². The Labute approximate surface area is 187 Å². The lowest BCUT2D eigenvalue weighted by Crippen LogP contribution is -2.25. The Balaban J connectivity index is 1.37. The fraction of sp³-hybridized carbons (Fsp3) is 0.542. The highest BCUT2D eigenvalue weighted by molar-refractivity contribution is 7.99. The third-order valence-electron chi connectivity index (χ3n) is 5.77. The number of benzene rings is 1. The highest BCUT2D eigenvalue weighted by atomic mass is 32.2. The maximum atomic E-state index is 12.9. The Bertz CT molecular complexity index is 1000. The van der Waals surface area contributed by atoms with Gasteiger partial charge in [0.05, 0.1) is 0 Å². The molecule has 1 N–H and O–H groups in total. The number of furan rings is 1. The second-order valence-electron chi connectivity index (χ2n) is 8.54. The zero-order chi connectivity index (χ0) is 21.6. The Hall–Kier alpha value is -2.28. The number of nitrogens with one attached hydrogen (secondary N) is 1. The third-order valence-corrected chi connectivity index (χ3v) is 7.17. The van der Waals surface area contributed by atoms with Crippen LogP contribution in [0, 0.1) is 0 Å². The van der Waals surface area contributed by atoms with Crippen LogP contribution in [0.2, 0.25) is 0 Å². The van der Waals surface area contributed by atoms with Gasteiger partial charge >= 0.3 is 0 Å². The highest BCUT2D eigenvalue weighted by Crippen LogP contribution is 2.35. The molecule has 2 aromatic heterocycles. The molecule has 0 aliphatic heterocycles. The largest absolute Gasteiger partial charge is 0.451 e. The van der Waals surface area contributed by atoms with Crippen LogP contribution in [0.15, 0.2) is 33.2 Å². The fourth-order valence-corrected chi connectivity index (χ4v) is 5.34. The van der Waals surface area contributed by atoms with Gasteiger partial charge in [-0.3, -0.25) is 4.79 Å². The maximum absolute atomic E-state index is 12.9. The number of amides is 1. The quantitative estimate of drug-likeness (QED) is 0.418. The van der Waals surface area contributed by atoms with Gasteiger partial charge in [0.1, 0.15) is 5.58 Å². The number of para-hydroxylation sites is 1. The molecule has 166 valence electrons. The number of hydrogen-bond acceptors (Lipinski definition) is 6. The Morgan fingerprint density at radius 3 is 2.81 bits per heavy atom. The molecule has 0 unspecified atom stereocenters. The summed E-state index contributed by atoms with van der Waals surface area (Å²) in [6.07, 6.45) is 7.90. The van der Waals surface area contributed by atoms with Crippen LogP contribution in [0.4, 0.5) is 0 Å². The van der Waals surface area contributed by atoms with Gasteiger partial charge in [-0.2, -0.15) is 16.7 Å². The molecule has 1 saturated carbocycles. The monoisotopic (exact) mass is 441 g/mol. The molecule has 1 aromatic carbocycles. The van der Waals surface area contributed by atoms with Crippen molar-refractivity contribution in [1.82, 2.24) is 15.5 Å². The van der Waals surface area contributed by atoms with Gasteiger partial charge in [0.2, 0.25) is 5.89 Å². The highest BCUT2D eigenvalue weighted by Gasteiger charge is 2.22. The molecule has 1 aliphatic carbocycles. The van der Waals surface area contributed by atoms with E-state index in [1.807, 2.05) is 49.9 Å². The minimum absolute atomic E-state index is 0.149. The molecule has 0 bridgehead atoms. The summed E-state index contributed by atoms with van der Waals surface area (Å²) in [6.45, 7) is 4.60. The third kappa shape index (κ3) is 5.50. The topological polar surface area (TPSA) is 81.2 Å². The van der Waals surface area contributed by atoms with Crippen molar-refractivity contribution in [2.24, 2.45) is 0 Å². The van der Waals surface area contributed by atoms with E-state index in [1.54, 1.807) is 0 Å². The molecular formula is C24H31N3O3S. The van der Waals surface area contributed by atoms with Crippen LogP contribution in [0.3, 0.4) is 0 Å². The van der Waals surface area contributed by atoms with E-state index in [9.17, 15) is 4.79 Å². The van der Waals surface area contributed by atoms with Crippen molar-refractivity contribution < 1.29 is 13.7 Å². The predicted octanol–water partition coefficient (Wildman–Crippen LogP) is 5.87. The van der Waals surface area contributed by atoms with Gasteiger partial charge in [0, 0.05) is 40.8 Å². The summed E-state index contributed by atoms with van der Waals surface area (Å²) in [5.41, 5.74) is 1.79. The van der Waals surface area contributed by atoms with E-state index < -0.39 is 0 Å². The molecule has 0 radical (unpaired) electrons. The molecule has 1 fully saturated rings. The van der Waals surface area contributed by atoms with Crippen LogP contribution in [0.5, 0.6) is 0 Å². The summed E-state index contributed by atoms with van der Waals surface area (Å²) in [5.74, 6) is 2.70. The SMILES string of the molecule is CC(C)c1noc(CCCNC(=O)c2oc3ccccc3c2CSC2CCCCC2)n1. The lowest BCUT2D eigenvalue weighted by atomic mass is 10.0. The Kier molecular flexibility index (Phi) is 7.33. The van der Waals surface area contributed by atoms with Crippen molar-refractivity contribution >= 4 is 28.6 Å². The molecule has 7 heteroatoms. The standard InChI is InChI=1S/C24H31N3O3S/c1-16(2)23-26-21(30-27-23)13-8-14-25-24(28)22-19(15-31-17-9-4-3-5-10-17)18-11-6-7-12-20(18)29-22/h6-7,11-12,16-17H,3-5,8-10,13-15H2,1-2H3,(H,25,28). The number of carbonyl (C=O) groups excluding carboxylic acids is 1. The minimum Gasteiger partial charge on any atom is -0.451 e. The summed E-state index contributed by atoms with van der Waals surface area (Å²) < 4.78 is 11.3. The number of aromatic nitrogens is 2. The first-order valence-electron chi connectivity index (χ1n) is 11.3. The van der Waals surface area contributed by atoms with Crippen LogP contribution in [-0.2, 0) is 12.2 Å². The van der Waals surface area contributed by atoms with Gasteiger partial charge in [-0.15, -0.1) is 0 Å². The average molecular weight is 442 g/mol. The fourth-order valence-electron chi connectivity index (χ4n) is 3.98. The number of nitrogens with zero attached hydrogens (tertiary/aromatic N) is 2. The molecule has 0 atom stereocenters. The summed E-state index contributed by atoms with van der Waals surface area (Å²) in [7, 11) is 0. The van der Waals surface area contributed by atoms with Gasteiger partial charge in [-0.25, -0.2) is 0 Å². The normalized spacial score (nSPS) is 15.1. The smallest absolute Gasteiger partial charge is 0.287 e.